The number of aliphatic hydroxyl groups is 3. The number of carbonyl (C=O) groups excluding carboxylic acids is 1. The van der Waals surface area contributed by atoms with Crippen molar-refractivity contribution in [2.24, 2.45) is 0 Å². The summed E-state index contributed by atoms with van der Waals surface area (Å²) in [5.41, 5.74) is 0. The lowest BCUT2D eigenvalue weighted by Gasteiger charge is -2.26. The summed E-state index contributed by atoms with van der Waals surface area (Å²) >= 11 is 0. The first-order valence-electron chi connectivity index (χ1n) is 20.8. The van der Waals surface area contributed by atoms with E-state index < -0.39 is 12.2 Å². The molecule has 0 heterocycles. The van der Waals surface area contributed by atoms with E-state index >= 15 is 0 Å². The zero-order valence-electron chi connectivity index (χ0n) is 31.9. The maximum absolute atomic E-state index is 12.7. The molecule has 3 N–H and O–H groups in total. The number of carbonyl (C=O) groups is 1. The van der Waals surface area contributed by atoms with Gasteiger partial charge in [0.1, 0.15) is 6.10 Å². The molecule has 0 bridgehead atoms. The van der Waals surface area contributed by atoms with Crippen LogP contribution in [0.4, 0.5) is 0 Å². The fourth-order valence-corrected chi connectivity index (χ4v) is 6.68. The number of esters is 1. The Labute approximate surface area is 293 Å². The van der Waals surface area contributed by atoms with Gasteiger partial charge in [0, 0.05) is 26.1 Å². The molecule has 0 radical (unpaired) electrons. The predicted octanol–water partition coefficient (Wildman–Crippen LogP) is 10.7. The molecule has 0 rings (SSSR count). The summed E-state index contributed by atoms with van der Waals surface area (Å²) in [5.74, 6) is -0.0574. The van der Waals surface area contributed by atoms with E-state index in [9.17, 15) is 20.1 Å². The van der Waals surface area contributed by atoms with Crippen LogP contribution in [-0.4, -0.2) is 70.7 Å². The molecule has 0 aliphatic heterocycles. The van der Waals surface area contributed by atoms with Crippen LogP contribution in [0.5, 0.6) is 0 Å². The van der Waals surface area contributed by atoms with Gasteiger partial charge in [-0.2, -0.15) is 0 Å². The Bertz CT molecular complexity index is 617. The zero-order chi connectivity index (χ0) is 34.6. The van der Waals surface area contributed by atoms with Gasteiger partial charge in [-0.25, -0.2) is 0 Å². The van der Waals surface area contributed by atoms with Crippen molar-refractivity contribution >= 4 is 5.97 Å². The third-order valence-corrected chi connectivity index (χ3v) is 9.72. The van der Waals surface area contributed by atoms with E-state index in [0.29, 0.717) is 32.5 Å². The van der Waals surface area contributed by atoms with Crippen molar-refractivity contribution in [2.45, 2.75) is 232 Å². The Hall–Kier alpha value is -0.690. The van der Waals surface area contributed by atoms with E-state index in [1.807, 2.05) is 4.90 Å². The fraction of sp³-hybridized carbons (Fsp3) is 0.976. The van der Waals surface area contributed by atoms with E-state index in [1.54, 1.807) is 0 Å². The maximum Gasteiger partial charge on any atom is 0.306 e. The van der Waals surface area contributed by atoms with Crippen LogP contribution in [0, 0.1) is 0 Å². The number of nitrogens with zero attached hydrogens (tertiary/aromatic N) is 1. The summed E-state index contributed by atoms with van der Waals surface area (Å²) < 4.78 is 5.98. The summed E-state index contributed by atoms with van der Waals surface area (Å²) in [7, 11) is 0. The standard InChI is InChI=1S/C41H83NO5/c1-4-7-10-13-16-17-18-19-20-24-29-38(44)36-42(34-35-43)37-39(45)30-25-23-28-33-41(46)47-40(31-26-21-14-11-8-5-2)32-27-22-15-12-9-6-3/h38-40,43-45H,4-37H2,1-3H3. The summed E-state index contributed by atoms with van der Waals surface area (Å²) in [6.45, 7) is 8.22. The van der Waals surface area contributed by atoms with Crippen LogP contribution in [0.15, 0.2) is 0 Å². The first-order chi connectivity index (χ1) is 23.0. The van der Waals surface area contributed by atoms with Gasteiger partial charge in [-0.1, -0.05) is 162 Å². The maximum atomic E-state index is 12.7. The number of aliphatic hydroxyl groups excluding tert-OH is 3. The van der Waals surface area contributed by atoms with Gasteiger partial charge in [-0.05, 0) is 44.9 Å². The van der Waals surface area contributed by atoms with Gasteiger partial charge in [-0.15, -0.1) is 0 Å². The van der Waals surface area contributed by atoms with Crippen molar-refractivity contribution in [2.75, 3.05) is 26.2 Å². The molecule has 0 fully saturated rings. The Morgan fingerprint density at radius 3 is 1.23 bits per heavy atom. The summed E-state index contributed by atoms with van der Waals surface area (Å²) in [6, 6.07) is 0. The van der Waals surface area contributed by atoms with Crippen molar-refractivity contribution in [1.29, 1.82) is 0 Å². The van der Waals surface area contributed by atoms with Crippen molar-refractivity contribution in [3.8, 4) is 0 Å². The summed E-state index contributed by atoms with van der Waals surface area (Å²) in [5, 5.41) is 30.8. The molecule has 282 valence electrons. The largest absolute Gasteiger partial charge is 0.462 e. The Balaban J connectivity index is 4.19. The lowest BCUT2D eigenvalue weighted by molar-refractivity contribution is -0.150. The lowest BCUT2D eigenvalue weighted by atomic mass is 10.0. The average molecular weight is 670 g/mol. The minimum atomic E-state index is -0.489. The second kappa shape index (κ2) is 36.6. The highest BCUT2D eigenvalue weighted by Gasteiger charge is 2.17. The normalized spacial score (nSPS) is 13.1. The molecule has 0 saturated carbocycles. The Morgan fingerprint density at radius 2 is 0.851 bits per heavy atom. The van der Waals surface area contributed by atoms with Gasteiger partial charge in [0.2, 0.25) is 0 Å². The van der Waals surface area contributed by atoms with Crippen LogP contribution in [-0.2, 0) is 9.53 Å². The van der Waals surface area contributed by atoms with Crippen LogP contribution in [0.1, 0.15) is 213 Å². The first-order valence-corrected chi connectivity index (χ1v) is 20.8. The van der Waals surface area contributed by atoms with Gasteiger partial charge in [0.25, 0.3) is 0 Å². The SMILES string of the molecule is CCCCCCCCCCCCC(O)CN(CCO)CC(O)CCCCCC(=O)OC(CCCCCCCC)CCCCCCCC. The number of hydrogen-bond acceptors (Lipinski definition) is 6. The van der Waals surface area contributed by atoms with Crippen molar-refractivity contribution in [3.63, 3.8) is 0 Å². The van der Waals surface area contributed by atoms with Gasteiger partial charge < -0.3 is 20.1 Å². The molecule has 0 saturated heterocycles. The monoisotopic (exact) mass is 670 g/mol. The molecule has 2 atom stereocenters. The van der Waals surface area contributed by atoms with E-state index in [1.165, 1.54) is 122 Å². The van der Waals surface area contributed by atoms with Gasteiger partial charge in [0.15, 0.2) is 0 Å². The van der Waals surface area contributed by atoms with Crippen LogP contribution in [0.25, 0.3) is 0 Å². The molecule has 0 aliphatic rings. The fourth-order valence-electron chi connectivity index (χ4n) is 6.68. The van der Waals surface area contributed by atoms with E-state index in [-0.39, 0.29) is 18.7 Å². The summed E-state index contributed by atoms with van der Waals surface area (Å²) in [6.07, 6.45) is 33.6. The van der Waals surface area contributed by atoms with Gasteiger partial charge in [-0.3, -0.25) is 9.69 Å². The molecule has 0 aromatic heterocycles. The van der Waals surface area contributed by atoms with Crippen LogP contribution < -0.4 is 0 Å². The quantitative estimate of drug-likeness (QED) is 0.0448. The second-order valence-corrected chi connectivity index (χ2v) is 14.6. The average Bonchev–Trinajstić information content (AvgIpc) is 3.04. The molecule has 2 unspecified atom stereocenters. The molecular weight excluding hydrogens is 586 g/mol. The lowest BCUT2D eigenvalue weighted by Crippen LogP contribution is -2.39. The van der Waals surface area contributed by atoms with Crippen LogP contribution in [0.3, 0.4) is 0 Å². The first kappa shape index (κ1) is 46.3. The smallest absolute Gasteiger partial charge is 0.306 e. The minimum absolute atomic E-state index is 0.0263. The number of rotatable bonds is 38. The number of hydrogen-bond donors (Lipinski definition) is 3. The highest BCUT2D eigenvalue weighted by atomic mass is 16.5. The molecule has 0 spiro atoms. The topological polar surface area (TPSA) is 90.2 Å². The van der Waals surface area contributed by atoms with Crippen LogP contribution >= 0.6 is 0 Å². The molecular formula is C41H83NO5. The molecule has 6 heteroatoms. The number of ether oxygens (including phenoxy) is 1. The second-order valence-electron chi connectivity index (χ2n) is 14.6. The molecule has 0 amide bonds. The molecule has 0 aromatic carbocycles. The molecule has 47 heavy (non-hydrogen) atoms. The van der Waals surface area contributed by atoms with Crippen molar-refractivity contribution < 1.29 is 24.9 Å². The van der Waals surface area contributed by atoms with Crippen LogP contribution in [0.2, 0.25) is 0 Å². The van der Waals surface area contributed by atoms with E-state index in [0.717, 1.165) is 57.8 Å². The minimum Gasteiger partial charge on any atom is -0.462 e. The summed E-state index contributed by atoms with van der Waals surface area (Å²) in [4.78, 5) is 14.7. The van der Waals surface area contributed by atoms with Gasteiger partial charge in [0.05, 0.1) is 18.8 Å². The third-order valence-electron chi connectivity index (χ3n) is 9.72. The Morgan fingerprint density at radius 1 is 0.511 bits per heavy atom. The highest BCUT2D eigenvalue weighted by molar-refractivity contribution is 5.69. The molecule has 0 aromatic rings. The molecule has 0 aliphatic carbocycles. The van der Waals surface area contributed by atoms with Crippen molar-refractivity contribution in [3.05, 3.63) is 0 Å². The number of unbranched alkanes of at least 4 members (excludes halogenated alkanes) is 21. The Kier molecular flexibility index (Phi) is 36.0. The predicted molar refractivity (Wildman–Crippen MR) is 201 cm³/mol. The highest BCUT2D eigenvalue weighted by Crippen LogP contribution is 2.19. The van der Waals surface area contributed by atoms with E-state index in [4.69, 9.17) is 4.74 Å². The van der Waals surface area contributed by atoms with Gasteiger partial charge >= 0.3 is 5.97 Å². The molecule has 6 nitrogen and oxygen atoms in total. The van der Waals surface area contributed by atoms with Crippen molar-refractivity contribution in [1.82, 2.24) is 4.90 Å². The van der Waals surface area contributed by atoms with E-state index in [2.05, 4.69) is 20.8 Å². The zero-order valence-corrected chi connectivity index (χ0v) is 31.9. The third kappa shape index (κ3) is 33.6.